The molecule has 1 N–H and O–H groups in total. The fraction of sp³-hybridized carbons (Fsp3) is 0.615. The van der Waals surface area contributed by atoms with Crippen molar-refractivity contribution < 1.29 is 14.6 Å². The van der Waals surface area contributed by atoms with Crippen molar-refractivity contribution in [2.24, 2.45) is 0 Å². The molecule has 1 aromatic heterocycles. The first-order valence-electron chi connectivity index (χ1n) is 6.05. The van der Waals surface area contributed by atoms with Gasteiger partial charge in [-0.1, -0.05) is 13.3 Å². The van der Waals surface area contributed by atoms with E-state index in [2.05, 4.69) is 11.9 Å². The highest BCUT2D eigenvalue weighted by Gasteiger charge is 2.01. The van der Waals surface area contributed by atoms with Crippen LogP contribution in [0.2, 0.25) is 0 Å². The van der Waals surface area contributed by atoms with Crippen LogP contribution in [0.15, 0.2) is 12.1 Å². The van der Waals surface area contributed by atoms with E-state index in [1.54, 1.807) is 6.07 Å². The van der Waals surface area contributed by atoms with Crippen molar-refractivity contribution in [1.29, 1.82) is 0 Å². The van der Waals surface area contributed by atoms with E-state index in [0.29, 0.717) is 19.1 Å². The number of aryl methyl sites for hydroxylation is 1. The van der Waals surface area contributed by atoms with E-state index in [0.717, 1.165) is 30.7 Å². The minimum Gasteiger partial charge on any atom is -0.475 e. The molecule has 0 aliphatic carbocycles. The summed E-state index contributed by atoms with van der Waals surface area (Å²) in [6.07, 6.45) is 2.23. The smallest absolute Gasteiger partial charge is 0.213 e. The molecule has 4 nitrogen and oxygen atoms in total. The number of pyridine rings is 1. The average molecular weight is 239 g/mol. The molecule has 1 aromatic rings. The molecule has 0 spiro atoms. The number of ether oxygens (including phenoxy) is 2. The molecular weight excluding hydrogens is 218 g/mol. The Hall–Kier alpha value is -1.13. The summed E-state index contributed by atoms with van der Waals surface area (Å²) in [5, 5.41) is 9.01. The second kappa shape index (κ2) is 8.03. The summed E-state index contributed by atoms with van der Waals surface area (Å²) in [5.41, 5.74) is 1.63. The molecule has 17 heavy (non-hydrogen) atoms. The first-order chi connectivity index (χ1) is 8.27. The fourth-order valence-electron chi connectivity index (χ4n) is 1.37. The van der Waals surface area contributed by atoms with Gasteiger partial charge in [0.15, 0.2) is 0 Å². The van der Waals surface area contributed by atoms with Crippen molar-refractivity contribution in [2.75, 3.05) is 19.8 Å². The third-order valence-corrected chi connectivity index (χ3v) is 2.46. The highest BCUT2D eigenvalue weighted by molar-refractivity contribution is 5.24. The molecule has 0 fully saturated rings. The number of hydrogen-bond donors (Lipinski definition) is 1. The van der Waals surface area contributed by atoms with Crippen LogP contribution in [0, 0.1) is 6.92 Å². The van der Waals surface area contributed by atoms with E-state index >= 15 is 0 Å². The van der Waals surface area contributed by atoms with Crippen LogP contribution in [-0.2, 0) is 11.3 Å². The van der Waals surface area contributed by atoms with Gasteiger partial charge in [0, 0.05) is 18.4 Å². The van der Waals surface area contributed by atoms with Crippen LogP contribution in [0.4, 0.5) is 0 Å². The molecule has 0 atom stereocenters. The lowest BCUT2D eigenvalue weighted by Crippen LogP contribution is -2.08. The van der Waals surface area contributed by atoms with Crippen molar-refractivity contribution in [2.45, 2.75) is 33.3 Å². The summed E-state index contributed by atoms with van der Waals surface area (Å²) < 4.78 is 10.8. The Balaban J connectivity index is 2.25. The van der Waals surface area contributed by atoms with E-state index in [-0.39, 0.29) is 6.61 Å². The number of aliphatic hydroxyl groups excluding tert-OH is 1. The van der Waals surface area contributed by atoms with Crippen LogP contribution >= 0.6 is 0 Å². The summed E-state index contributed by atoms with van der Waals surface area (Å²) in [7, 11) is 0. The van der Waals surface area contributed by atoms with Crippen molar-refractivity contribution in [3.63, 3.8) is 0 Å². The molecular formula is C13H21NO3. The molecule has 0 saturated heterocycles. The maximum Gasteiger partial charge on any atom is 0.213 e. The predicted octanol–water partition coefficient (Wildman–Crippen LogP) is 2.08. The van der Waals surface area contributed by atoms with Crippen molar-refractivity contribution in [3.05, 3.63) is 23.4 Å². The molecule has 0 radical (unpaired) electrons. The standard InChI is InChI=1S/C13H21NO3/c1-3-4-7-16-8-9-17-13-6-5-12(10-15)11(2)14-13/h5-6,15H,3-4,7-10H2,1-2H3. The Morgan fingerprint density at radius 1 is 1.24 bits per heavy atom. The van der Waals surface area contributed by atoms with E-state index in [9.17, 15) is 0 Å². The largest absolute Gasteiger partial charge is 0.475 e. The van der Waals surface area contributed by atoms with Gasteiger partial charge in [-0.3, -0.25) is 0 Å². The second-order valence-corrected chi connectivity index (χ2v) is 3.87. The van der Waals surface area contributed by atoms with Gasteiger partial charge in [-0.2, -0.15) is 0 Å². The van der Waals surface area contributed by atoms with E-state index in [1.807, 2.05) is 13.0 Å². The summed E-state index contributed by atoms with van der Waals surface area (Å²) in [5.74, 6) is 0.582. The maximum atomic E-state index is 9.01. The summed E-state index contributed by atoms with van der Waals surface area (Å²) >= 11 is 0. The van der Waals surface area contributed by atoms with Crippen molar-refractivity contribution in [1.82, 2.24) is 4.98 Å². The van der Waals surface area contributed by atoms with Gasteiger partial charge in [0.1, 0.15) is 6.61 Å². The van der Waals surface area contributed by atoms with Crippen molar-refractivity contribution >= 4 is 0 Å². The number of nitrogens with zero attached hydrogens (tertiary/aromatic N) is 1. The fourth-order valence-corrected chi connectivity index (χ4v) is 1.37. The quantitative estimate of drug-likeness (QED) is 0.706. The molecule has 0 bridgehead atoms. The normalized spacial score (nSPS) is 10.5. The predicted molar refractivity (Wildman–Crippen MR) is 66.1 cm³/mol. The molecule has 1 rings (SSSR count). The van der Waals surface area contributed by atoms with E-state index in [1.165, 1.54) is 0 Å². The lowest BCUT2D eigenvalue weighted by atomic mass is 10.2. The van der Waals surface area contributed by atoms with Gasteiger partial charge in [-0.25, -0.2) is 4.98 Å². The SMILES string of the molecule is CCCCOCCOc1ccc(CO)c(C)n1. The van der Waals surface area contributed by atoms with Crippen LogP contribution in [0.1, 0.15) is 31.0 Å². The second-order valence-electron chi connectivity index (χ2n) is 3.87. The first-order valence-corrected chi connectivity index (χ1v) is 6.05. The van der Waals surface area contributed by atoms with E-state index < -0.39 is 0 Å². The third-order valence-electron chi connectivity index (χ3n) is 2.46. The van der Waals surface area contributed by atoms with Crippen LogP contribution in [0.5, 0.6) is 5.88 Å². The molecule has 0 aliphatic heterocycles. The average Bonchev–Trinajstić information content (AvgIpc) is 2.34. The maximum absolute atomic E-state index is 9.01. The lowest BCUT2D eigenvalue weighted by Gasteiger charge is -2.08. The number of hydrogen-bond acceptors (Lipinski definition) is 4. The molecule has 0 aromatic carbocycles. The summed E-state index contributed by atoms with van der Waals surface area (Å²) in [4.78, 5) is 4.24. The Labute approximate surface area is 103 Å². The highest BCUT2D eigenvalue weighted by atomic mass is 16.5. The van der Waals surface area contributed by atoms with Gasteiger partial charge < -0.3 is 14.6 Å². The van der Waals surface area contributed by atoms with Crippen LogP contribution in [-0.4, -0.2) is 29.9 Å². The zero-order valence-electron chi connectivity index (χ0n) is 10.6. The number of aromatic nitrogens is 1. The number of unbranched alkanes of at least 4 members (excludes halogenated alkanes) is 1. The van der Waals surface area contributed by atoms with Gasteiger partial charge in [0.05, 0.1) is 13.2 Å². The zero-order chi connectivity index (χ0) is 12.5. The first kappa shape index (κ1) is 13.9. The van der Waals surface area contributed by atoms with Gasteiger partial charge in [-0.05, 0) is 25.0 Å². The molecule has 1 heterocycles. The molecule has 0 amide bonds. The number of rotatable bonds is 8. The van der Waals surface area contributed by atoms with Gasteiger partial charge >= 0.3 is 0 Å². The van der Waals surface area contributed by atoms with Gasteiger partial charge in [0.25, 0.3) is 0 Å². The molecule has 0 unspecified atom stereocenters. The number of aliphatic hydroxyl groups is 1. The topological polar surface area (TPSA) is 51.6 Å². The Morgan fingerprint density at radius 2 is 2.06 bits per heavy atom. The summed E-state index contributed by atoms with van der Waals surface area (Å²) in [6, 6.07) is 3.60. The van der Waals surface area contributed by atoms with E-state index in [4.69, 9.17) is 14.6 Å². The highest BCUT2D eigenvalue weighted by Crippen LogP contribution is 2.12. The minimum absolute atomic E-state index is 0.0131. The monoisotopic (exact) mass is 239 g/mol. The van der Waals surface area contributed by atoms with Gasteiger partial charge in [0.2, 0.25) is 5.88 Å². The van der Waals surface area contributed by atoms with Crippen LogP contribution in [0.3, 0.4) is 0 Å². The lowest BCUT2D eigenvalue weighted by molar-refractivity contribution is 0.0964. The Morgan fingerprint density at radius 3 is 2.71 bits per heavy atom. The third kappa shape index (κ3) is 5.15. The zero-order valence-corrected chi connectivity index (χ0v) is 10.6. The molecule has 0 aliphatic rings. The van der Waals surface area contributed by atoms with Gasteiger partial charge in [-0.15, -0.1) is 0 Å². The van der Waals surface area contributed by atoms with Crippen molar-refractivity contribution in [3.8, 4) is 5.88 Å². The molecule has 96 valence electrons. The van der Waals surface area contributed by atoms with Crippen LogP contribution < -0.4 is 4.74 Å². The summed E-state index contributed by atoms with van der Waals surface area (Å²) in [6.45, 7) is 5.89. The van der Waals surface area contributed by atoms with Crippen LogP contribution in [0.25, 0.3) is 0 Å². The minimum atomic E-state index is 0.0131. The Bertz CT molecular complexity index is 328. The molecule has 0 saturated carbocycles. The Kier molecular flexibility index (Phi) is 6.58. The molecule has 4 heteroatoms.